The van der Waals surface area contributed by atoms with Crippen molar-refractivity contribution in [1.82, 2.24) is 19.7 Å². The first kappa shape index (κ1) is 42.1. The molecular weight excluding hydrogens is 698 g/mol. The van der Waals surface area contributed by atoms with E-state index in [9.17, 15) is 32.4 Å². The summed E-state index contributed by atoms with van der Waals surface area (Å²) < 4.78 is 51.8. The van der Waals surface area contributed by atoms with Crippen molar-refractivity contribution >= 4 is 39.9 Å². The van der Waals surface area contributed by atoms with Gasteiger partial charge in [0.15, 0.2) is 6.10 Å². The number of ether oxygens (including phenoxy) is 4. The lowest BCUT2D eigenvalue weighted by molar-refractivity contribution is -0.120. The molecule has 0 aromatic heterocycles. The number of nitrogens with zero attached hydrogens (tertiary/aromatic N) is 1. The standard InChI is InChI=1S/C35H51N5O11S/c1-19(2)38-52(46,47)39-35(45)51-32-23(6)17-22(5)31(50-34(36)44)27(48-7)12-9-11-21(4)33(43)37-25-18-26(41)29(40-13-10-14-40)24(30(25)42)15-20(3)16-28(32)49-8/h9,11-12,17-20,23,27-28,31-32,38H,10,13-16H2,1-8H3,(H2,36,44)(H,37,43)(H,39,45)/b12-9-,21-11+,22-17+/t20-,23+,27+,28+,31+,32-/m1/s1. The molecule has 0 aromatic carbocycles. The third-order valence-electron chi connectivity index (χ3n) is 8.75. The average molecular weight is 750 g/mol. The van der Waals surface area contributed by atoms with Crippen LogP contribution in [0.2, 0.25) is 0 Å². The van der Waals surface area contributed by atoms with Crippen molar-refractivity contribution in [2.45, 2.75) is 91.3 Å². The second-order valence-electron chi connectivity index (χ2n) is 13.5. The first-order valence-electron chi connectivity index (χ1n) is 17.0. The molecule has 2 heterocycles. The van der Waals surface area contributed by atoms with Gasteiger partial charge in [0.05, 0.1) is 17.5 Å². The molecule has 1 saturated heterocycles. The summed E-state index contributed by atoms with van der Waals surface area (Å²) in [7, 11) is -1.50. The number of nitrogens with one attached hydrogen (secondary N) is 3. The van der Waals surface area contributed by atoms with E-state index in [0.29, 0.717) is 18.7 Å². The van der Waals surface area contributed by atoms with Gasteiger partial charge >= 0.3 is 22.4 Å². The zero-order valence-corrected chi connectivity index (χ0v) is 31.7. The van der Waals surface area contributed by atoms with Crippen molar-refractivity contribution in [3.8, 4) is 0 Å². The molecule has 0 aromatic rings. The lowest BCUT2D eigenvalue weighted by atomic mass is 9.84. The van der Waals surface area contributed by atoms with E-state index in [4.69, 9.17) is 24.7 Å². The van der Waals surface area contributed by atoms with E-state index in [1.807, 2.05) is 16.5 Å². The molecule has 0 radical (unpaired) electrons. The van der Waals surface area contributed by atoms with Gasteiger partial charge in [0.25, 0.3) is 5.91 Å². The number of allylic oxidation sites excluding steroid dienone is 4. The number of hydrogen-bond acceptors (Lipinski definition) is 12. The highest BCUT2D eigenvalue weighted by atomic mass is 32.2. The van der Waals surface area contributed by atoms with E-state index < -0.39 is 76.2 Å². The van der Waals surface area contributed by atoms with Gasteiger partial charge in [0, 0.05) is 56.5 Å². The van der Waals surface area contributed by atoms with E-state index in [-0.39, 0.29) is 41.3 Å². The molecule has 1 aliphatic carbocycles. The number of Topliss-reactive ketones (excluding diaryl/α,β-unsaturated/α-hetero) is 1. The highest BCUT2D eigenvalue weighted by Gasteiger charge is 2.38. The number of carbonyl (C=O) groups excluding carboxylic acids is 5. The maximum atomic E-state index is 13.9. The fourth-order valence-corrected chi connectivity index (χ4v) is 7.17. The molecule has 3 aliphatic rings. The van der Waals surface area contributed by atoms with Crippen molar-refractivity contribution in [3.05, 3.63) is 58.5 Å². The molecule has 3 amide bonds. The summed E-state index contributed by atoms with van der Waals surface area (Å²) in [5.74, 6) is -2.57. The van der Waals surface area contributed by atoms with Gasteiger partial charge < -0.3 is 34.9 Å². The molecule has 288 valence electrons. The van der Waals surface area contributed by atoms with E-state index in [2.05, 4.69) is 10.0 Å². The van der Waals surface area contributed by atoms with Crippen molar-refractivity contribution in [2.24, 2.45) is 17.6 Å². The molecule has 0 spiro atoms. The van der Waals surface area contributed by atoms with Gasteiger partial charge in [0.1, 0.15) is 12.2 Å². The largest absolute Gasteiger partial charge is 0.442 e. The van der Waals surface area contributed by atoms with Crippen LogP contribution in [0.25, 0.3) is 0 Å². The van der Waals surface area contributed by atoms with Gasteiger partial charge in [-0.3, -0.25) is 14.4 Å². The summed E-state index contributed by atoms with van der Waals surface area (Å²) in [5.41, 5.74) is 6.43. The number of carbonyl (C=O) groups is 5. The smallest absolute Gasteiger partial charge is 0.422 e. The van der Waals surface area contributed by atoms with Crippen LogP contribution in [0, 0.1) is 11.8 Å². The Labute approximate surface area is 305 Å². The highest BCUT2D eigenvalue weighted by Crippen LogP contribution is 2.32. The predicted molar refractivity (Wildman–Crippen MR) is 190 cm³/mol. The average Bonchev–Trinajstić information content (AvgIpc) is 3.01. The molecule has 1 fully saturated rings. The second-order valence-corrected chi connectivity index (χ2v) is 14.9. The molecule has 6 atom stereocenters. The van der Waals surface area contributed by atoms with Gasteiger partial charge in [-0.1, -0.05) is 38.2 Å². The Morgan fingerprint density at radius 2 is 1.73 bits per heavy atom. The zero-order chi connectivity index (χ0) is 38.9. The molecule has 52 heavy (non-hydrogen) atoms. The van der Waals surface area contributed by atoms with Gasteiger partial charge in [-0.15, -0.1) is 0 Å². The number of primary amides is 1. The first-order chi connectivity index (χ1) is 24.4. The van der Waals surface area contributed by atoms with E-state index in [1.54, 1.807) is 33.8 Å². The lowest BCUT2D eigenvalue weighted by Gasteiger charge is -2.37. The van der Waals surface area contributed by atoms with Crippen molar-refractivity contribution in [3.63, 3.8) is 0 Å². The minimum absolute atomic E-state index is 0.111. The monoisotopic (exact) mass is 749 g/mol. The van der Waals surface area contributed by atoms with Crippen LogP contribution in [0.5, 0.6) is 0 Å². The van der Waals surface area contributed by atoms with Gasteiger partial charge in [-0.25, -0.2) is 14.3 Å². The Hall–Kier alpha value is -4.32. The van der Waals surface area contributed by atoms with Crippen LogP contribution >= 0.6 is 0 Å². The number of hydrogen-bond donors (Lipinski definition) is 4. The van der Waals surface area contributed by atoms with Crippen molar-refractivity contribution in [1.29, 1.82) is 0 Å². The molecule has 17 heteroatoms. The van der Waals surface area contributed by atoms with Gasteiger partial charge in [-0.2, -0.15) is 13.1 Å². The summed E-state index contributed by atoms with van der Waals surface area (Å²) in [6, 6.07) is -0.513. The maximum Gasteiger partial charge on any atom is 0.422 e. The van der Waals surface area contributed by atoms with Crippen LogP contribution in [0.4, 0.5) is 9.59 Å². The first-order valence-corrected chi connectivity index (χ1v) is 18.5. The van der Waals surface area contributed by atoms with Crippen LogP contribution in [-0.4, -0.2) is 101 Å². The molecule has 16 nitrogen and oxygen atoms in total. The molecule has 5 N–H and O–H groups in total. The summed E-state index contributed by atoms with van der Waals surface area (Å²) in [5, 5.41) is 2.58. The summed E-state index contributed by atoms with van der Waals surface area (Å²) in [4.78, 5) is 67.5. The Balaban J connectivity index is 2.16. The summed E-state index contributed by atoms with van der Waals surface area (Å²) >= 11 is 0. The molecule has 3 rings (SSSR count). The third kappa shape index (κ3) is 11.3. The number of methoxy groups -OCH3 is 2. The lowest BCUT2D eigenvalue weighted by Crippen LogP contribution is -2.47. The Morgan fingerprint density at radius 1 is 1.06 bits per heavy atom. The second kappa shape index (κ2) is 18.4. The summed E-state index contributed by atoms with van der Waals surface area (Å²) in [6.45, 7) is 11.1. The molecule has 0 unspecified atom stereocenters. The number of nitrogens with two attached hydrogens (primary N) is 1. The number of ketones is 2. The number of rotatable bonds is 8. The van der Waals surface area contributed by atoms with Gasteiger partial charge in [-0.05, 0) is 58.4 Å². The van der Waals surface area contributed by atoms with Crippen LogP contribution in [-0.2, 0) is 43.5 Å². The summed E-state index contributed by atoms with van der Waals surface area (Å²) in [6.07, 6.45) is 2.10. The molecule has 2 aliphatic heterocycles. The Bertz CT molecular complexity index is 1660. The Morgan fingerprint density at radius 3 is 2.29 bits per heavy atom. The fraction of sp³-hybridized carbons (Fsp3) is 0.571. The van der Waals surface area contributed by atoms with Crippen molar-refractivity contribution in [2.75, 3.05) is 27.3 Å². The quantitative estimate of drug-likeness (QED) is 0.208. The van der Waals surface area contributed by atoms with Crippen molar-refractivity contribution < 1.29 is 51.3 Å². The molecule has 2 bridgehead atoms. The minimum atomic E-state index is -4.28. The molecular formula is C35H51N5O11S. The van der Waals surface area contributed by atoms with Crippen LogP contribution < -0.4 is 20.5 Å². The van der Waals surface area contributed by atoms with Gasteiger partial charge in [0.2, 0.25) is 11.6 Å². The van der Waals surface area contributed by atoms with E-state index in [0.717, 1.165) is 12.5 Å². The third-order valence-corrected chi connectivity index (χ3v) is 9.97. The SMILES string of the molecule is CO[C@H]1/C=C\C=C(/C)C(=O)NC2=CC(=O)C(N3CCC3)=C(C[C@@H](C)C[C@H](OC)[C@H](OC(=O)NS(=O)(=O)NC(C)C)[C@@H](C)/C=C(\C)[C@@H]1OC(N)=O)C2=O. The minimum Gasteiger partial charge on any atom is -0.442 e. The van der Waals surface area contributed by atoms with Crippen LogP contribution in [0.1, 0.15) is 60.8 Å². The predicted octanol–water partition coefficient (Wildman–Crippen LogP) is 2.44. The van der Waals surface area contributed by atoms with E-state index >= 15 is 0 Å². The number of fused-ring (bicyclic) bond motifs is 2. The fourth-order valence-electron chi connectivity index (χ4n) is 6.22. The maximum absolute atomic E-state index is 13.9. The number of amides is 3. The number of likely N-dealkylation sites (tertiary alicyclic amines) is 1. The highest BCUT2D eigenvalue weighted by molar-refractivity contribution is 7.88. The zero-order valence-electron chi connectivity index (χ0n) is 30.9. The van der Waals surface area contributed by atoms with E-state index in [1.165, 1.54) is 39.4 Å². The van der Waals surface area contributed by atoms with Crippen LogP contribution in [0.3, 0.4) is 0 Å². The van der Waals surface area contributed by atoms with Crippen LogP contribution in [0.15, 0.2) is 58.5 Å². The Kier molecular flexibility index (Phi) is 14.9. The topological polar surface area (TPSA) is 222 Å². The molecule has 0 saturated carbocycles. The normalized spacial score (nSPS) is 29.5.